The van der Waals surface area contributed by atoms with Gasteiger partial charge in [0.1, 0.15) is 0 Å². The van der Waals surface area contributed by atoms with E-state index in [1.807, 2.05) is 19.0 Å². The van der Waals surface area contributed by atoms with Crippen LogP contribution in [0.2, 0.25) is 0 Å². The molecule has 0 aliphatic carbocycles. The van der Waals surface area contributed by atoms with E-state index in [1.54, 1.807) is 0 Å². The zero-order chi connectivity index (χ0) is 9.68. The molecule has 1 amide bonds. The highest BCUT2D eigenvalue weighted by Gasteiger charge is 2.15. The fourth-order valence-electron chi connectivity index (χ4n) is 1.32. The Morgan fingerprint density at radius 2 is 2.23 bits per heavy atom. The molecule has 0 atom stereocenters. The second-order valence-electron chi connectivity index (χ2n) is 3.60. The first kappa shape index (κ1) is 10.5. The van der Waals surface area contributed by atoms with Crippen LogP contribution in [0.3, 0.4) is 0 Å². The Bertz CT molecular complexity index is 170. The van der Waals surface area contributed by atoms with Gasteiger partial charge in [0.2, 0.25) is 5.91 Å². The third kappa shape index (κ3) is 3.74. The summed E-state index contributed by atoms with van der Waals surface area (Å²) in [6, 6.07) is 0. The molecule has 0 unspecified atom stereocenters. The van der Waals surface area contributed by atoms with Gasteiger partial charge in [0, 0.05) is 39.1 Å². The number of carbonyl (C=O) groups is 1. The lowest BCUT2D eigenvalue weighted by atomic mass is 10.3. The average molecular weight is 184 g/mol. The summed E-state index contributed by atoms with van der Waals surface area (Å²) >= 11 is 0. The summed E-state index contributed by atoms with van der Waals surface area (Å²) in [7, 11) is 4.04. The topological polar surface area (TPSA) is 37.7 Å². The van der Waals surface area contributed by atoms with Gasteiger partial charge in [-0.2, -0.15) is 0 Å². The van der Waals surface area contributed by atoms with Gasteiger partial charge in [-0.3, -0.25) is 4.79 Å². The molecule has 0 N–H and O–H groups in total. The Kier molecular flexibility index (Phi) is 4.18. The maximum absolute atomic E-state index is 11.5. The van der Waals surface area contributed by atoms with E-state index < -0.39 is 0 Å². The molecule has 1 radical (unpaired) electrons. The Balaban J connectivity index is 2.32. The molecule has 4 nitrogen and oxygen atoms in total. The van der Waals surface area contributed by atoms with Crippen LogP contribution in [0.4, 0.5) is 0 Å². The number of hydrogen-bond acceptors (Lipinski definition) is 2. The van der Waals surface area contributed by atoms with Crippen molar-refractivity contribution in [3.63, 3.8) is 0 Å². The Hall–Kier alpha value is -0.610. The third-order valence-corrected chi connectivity index (χ3v) is 2.18. The zero-order valence-electron chi connectivity index (χ0n) is 8.49. The summed E-state index contributed by atoms with van der Waals surface area (Å²) in [6.45, 7) is 4.08. The van der Waals surface area contributed by atoms with Crippen LogP contribution in [-0.4, -0.2) is 62.5 Å². The highest BCUT2D eigenvalue weighted by atomic mass is 16.2. The van der Waals surface area contributed by atoms with Crippen molar-refractivity contribution in [1.82, 2.24) is 15.1 Å². The minimum atomic E-state index is 0.253. The molecule has 1 fully saturated rings. The maximum Gasteiger partial charge on any atom is 0.224 e. The van der Waals surface area contributed by atoms with Crippen LogP contribution in [0.15, 0.2) is 0 Å². The minimum Gasteiger partial charge on any atom is -0.340 e. The monoisotopic (exact) mass is 184 g/mol. The van der Waals surface area contributed by atoms with Gasteiger partial charge in [0.25, 0.3) is 0 Å². The number of carbonyl (C=O) groups excluding carboxylic acids is 1. The van der Waals surface area contributed by atoms with E-state index in [-0.39, 0.29) is 5.91 Å². The van der Waals surface area contributed by atoms with Crippen molar-refractivity contribution < 1.29 is 4.79 Å². The van der Waals surface area contributed by atoms with Crippen LogP contribution in [0.1, 0.15) is 6.42 Å². The van der Waals surface area contributed by atoms with E-state index in [2.05, 4.69) is 10.2 Å². The Morgan fingerprint density at radius 1 is 1.46 bits per heavy atom. The maximum atomic E-state index is 11.5. The van der Waals surface area contributed by atoms with Crippen molar-refractivity contribution in [2.45, 2.75) is 6.42 Å². The summed E-state index contributed by atoms with van der Waals surface area (Å²) < 4.78 is 0. The number of amides is 1. The van der Waals surface area contributed by atoms with E-state index >= 15 is 0 Å². The van der Waals surface area contributed by atoms with Crippen molar-refractivity contribution >= 4 is 5.91 Å². The first-order chi connectivity index (χ1) is 6.20. The number of nitrogens with zero attached hydrogens (tertiary/aromatic N) is 3. The highest BCUT2D eigenvalue weighted by molar-refractivity contribution is 5.76. The molecular formula is C9H18N3O. The normalized spacial score (nSPS) is 19.3. The predicted molar refractivity (Wildman–Crippen MR) is 51.6 cm³/mol. The summed E-state index contributed by atoms with van der Waals surface area (Å²) in [4.78, 5) is 15.5. The van der Waals surface area contributed by atoms with E-state index in [4.69, 9.17) is 0 Å². The van der Waals surface area contributed by atoms with Crippen molar-refractivity contribution in [2.24, 2.45) is 0 Å². The van der Waals surface area contributed by atoms with E-state index in [9.17, 15) is 4.79 Å². The standard InChI is InChI=1S/C9H18N3O/c1-11(2)7-8-12-6-5-10-4-3-9(12)13/h3-8H2,1-2H3. The predicted octanol–water partition coefficient (Wildman–Crippen LogP) is -0.615. The number of likely N-dealkylation sites (N-methyl/N-ethyl adjacent to an activating group) is 1. The fourth-order valence-corrected chi connectivity index (χ4v) is 1.32. The van der Waals surface area contributed by atoms with Gasteiger partial charge in [-0.1, -0.05) is 0 Å². The van der Waals surface area contributed by atoms with Crippen molar-refractivity contribution in [3.05, 3.63) is 0 Å². The molecule has 0 aromatic rings. The molecule has 1 rings (SSSR count). The van der Waals surface area contributed by atoms with Crippen LogP contribution in [0, 0.1) is 0 Å². The summed E-state index contributed by atoms with van der Waals surface area (Å²) in [5.41, 5.74) is 0. The van der Waals surface area contributed by atoms with Crippen molar-refractivity contribution in [1.29, 1.82) is 0 Å². The number of rotatable bonds is 3. The first-order valence-electron chi connectivity index (χ1n) is 4.76. The molecule has 0 bridgehead atoms. The molecule has 0 saturated carbocycles. The van der Waals surface area contributed by atoms with Gasteiger partial charge in [-0.05, 0) is 14.1 Å². The molecule has 0 aromatic carbocycles. The SMILES string of the molecule is CN(C)CCN1CC[N]CCC1=O. The molecule has 1 heterocycles. The van der Waals surface area contributed by atoms with Gasteiger partial charge >= 0.3 is 0 Å². The van der Waals surface area contributed by atoms with Gasteiger partial charge in [-0.15, -0.1) is 0 Å². The van der Waals surface area contributed by atoms with Crippen LogP contribution >= 0.6 is 0 Å². The quantitative estimate of drug-likeness (QED) is 0.586. The largest absolute Gasteiger partial charge is 0.340 e. The van der Waals surface area contributed by atoms with Gasteiger partial charge in [0.15, 0.2) is 0 Å². The van der Waals surface area contributed by atoms with Gasteiger partial charge < -0.3 is 9.80 Å². The third-order valence-electron chi connectivity index (χ3n) is 2.18. The number of hydrogen-bond donors (Lipinski definition) is 0. The smallest absolute Gasteiger partial charge is 0.224 e. The molecule has 75 valence electrons. The van der Waals surface area contributed by atoms with Gasteiger partial charge in [0.05, 0.1) is 0 Å². The Morgan fingerprint density at radius 3 is 2.92 bits per heavy atom. The molecule has 0 spiro atoms. The lowest BCUT2D eigenvalue weighted by Crippen LogP contribution is -2.37. The van der Waals surface area contributed by atoms with Crippen LogP contribution < -0.4 is 5.32 Å². The summed E-state index contributed by atoms with van der Waals surface area (Å²) in [5.74, 6) is 0.253. The first-order valence-corrected chi connectivity index (χ1v) is 4.76. The summed E-state index contributed by atoms with van der Waals surface area (Å²) in [6.07, 6.45) is 0.591. The molecule has 0 aromatic heterocycles. The molecule has 13 heavy (non-hydrogen) atoms. The van der Waals surface area contributed by atoms with Crippen LogP contribution in [-0.2, 0) is 4.79 Å². The second kappa shape index (κ2) is 5.19. The molecule has 1 aliphatic rings. The van der Waals surface area contributed by atoms with E-state index in [1.165, 1.54) is 0 Å². The van der Waals surface area contributed by atoms with Crippen LogP contribution in [0.5, 0.6) is 0 Å². The molecule has 1 aliphatic heterocycles. The molecular weight excluding hydrogens is 166 g/mol. The van der Waals surface area contributed by atoms with Gasteiger partial charge in [-0.25, -0.2) is 5.32 Å². The zero-order valence-corrected chi connectivity index (χ0v) is 8.49. The summed E-state index contributed by atoms with van der Waals surface area (Å²) in [5, 5.41) is 4.22. The second-order valence-corrected chi connectivity index (χ2v) is 3.60. The minimum absolute atomic E-state index is 0.253. The molecule has 4 heteroatoms. The van der Waals surface area contributed by atoms with E-state index in [0.717, 1.165) is 26.2 Å². The van der Waals surface area contributed by atoms with Crippen LogP contribution in [0.25, 0.3) is 0 Å². The lowest BCUT2D eigenvalue weighted by molar-refractivity contribution is -0.130. The average Bonchev–Trinajstić information content (AvgIpc) is 2.27. The highest BCUT2D eigenvalue weighted by Crippen LogP contribution is 1.98. The van der Waals surface area contributed by atoms with Crippen molar-refractivity contribution in [3.8, 4) is 0 Å². The fraction of sp³-hybridized carbons (Fsp3) is 0.889. The van der Waals surface area contributed by atoms with Crippen molar-refractivity contribution in [2.75, 3.05) is 46.8 Å². The lowest BCUT2D eigenvalue weighted by Gasteiger charge is -2.21. The van der Waals surface area contributed by atoms with E-state index in [0.29, 0.717) is 13.0 Å². The Labute approximate surface area is 79.9 Å². The molecule has 1 saturated heterocycles.